The molecule has 0 aliphatic rings. The van der Waals surface area contributed by atoms with Gasteiger partial charge in [-0.2, -0.15) is 0 Å². The standard InChI is InChI=1S/C19H33N3O3S.C6H8O7.H2O/c1-6-21(7-2)14-13-20(5)19(23)22(17(3)4)15-16-26(24,25)18-11-9-8-10-12-18;7-3(8)1-6(13,5(11)12)2-4(9)10;/h8-12,17H,6-7,13-16H2,1-5H3;13H,1-2H2,(H,7,8)(H,9,10)(H,11,12);1H2. The van der Waals surface area contributed by atoms with Gasteiger partial charge in [-0.05, 0) is 39.1 Å². The lowest BCUT2D eigenvalue weighted by molar-refractivity contribution is -0.170. The van der Waals surface area contributed by atoms with Gasteiger partial charge in [-0.1, -0.05) is 32.0 Å². The normalized spacial score (nSPS) is 11.2. The Kier molecular flexibility index (Phi) is 17.6. The van der Waals surface area contributed by atoms with Crippen LogP contribution in [0.5, 0.6) is 0 Å². The van der Waals surface area contributed by atoms with Gasteiger partial charge in [-0.3, -0.25) is 9.59 Å². The third kappa shape index (κ3) is 13.7. The van der Waals surface area contributed by atoms with Crippen molar-refractivity contribution in [1.82, 2.24) is 14.7 Å². The van der Waals surface area contributed by atoms with Crippen LogP contribution in [0.4, 0.5) is 4.79 Å². The molecular formula is C25H43N3O11S. The highest BCUT2D eigenvalue weighted by atomic mass is 32.2. The number of rotatable bonds is 15. The van der Waals surface area contributed by atoms with Crippen molar-refractivity contribution >= 4 is 33.8 Å². The molecule has 15 heteroatoms. The molecule has 0 spiro atoms. The first-order valence-corrected chi connectivity index (χ1v) is 14.1. The van der Waals surface area contributed by atoms with Crippen LogP contribution in [-0.4, -0.2) is 130 Å². The molecule has 14 nitrogen and oxygen atoms in total. The van der Waals surface area contributed by atoms with Crippen LogP contribution in [0.25, 0.3) is 0 Å². The number of carbonyl (C=O) groups excluding carboxylic acids is 1. The number of nitrogens with zero attached hydrogens (tertiary/aromatic N) is 3. The summed E-state index contributed by atoms with van der Waals surface area (Å²) in [4.78, 5) is 49.1. The second kappa shape index (κ2) is 18.1. The van der Waals surface area contributed by atoms with Gasteiger partial charge in [0.1, 0.15) is 0 Å². The fraction of sp³-hybridized carbons (Fsp3) is 0.600. The summed E-state index contributed by atoms with van der Waals surface area (Å²) < 4.78 is 25.0. The lowest BCUT2D eigenvalue weighted by Crippen LogP contribution is -2.48. The van der Waals surface area contributed by atoms with Gasteiger partial charge in [-0.15, -0.1) is 0 Å². The van der Waals surface area contributed by atoms with Crippen LogP contribution < -0.4 is 0 Å². The molecule has 0 aliphatic carbocycles. The molecule has 0 radical (unpaired) electrons. The van der Waals surface area contributed by atoms with E-state index in [-0.39, 0.29) is 29.8 Å². The molecule has 0 aromatic heterocycles. The van der Waals surface area contributed by atoms with E-state index in [9.17, 15) is 27.6 Å². The molecule has 0 heterocycles. The largest absolute Gasteiger partial charge is 0.481 e. The van der Waals surface area contributed by atoms with Crippen LogP contribution in [0, 0.1) is 0 Å². The molecule has 1 aromatic rings. The van der Waals surface area contributed by atoms with E-state index in [0.29, 0.717) is 11.4 Å². The van der Waals surface area contributed by atoms with E-state index in [0.717, 1.165) is 19.6 Å². The summed E-state index contributed by atoms with van der Waals surface area (Å²) in [6.45, 7) is 11.5. The molecule has 0 unspecified atom stereocenters. The van der Waals surface area contributed by atoms with Gasteiger partial charge < -0.3 is 40.6 Å². The second-order valence-electron chi connectivity index (χ2n) is 9.13. The summed E-state index contributed by atoms with van der Waals surface area (Å²) in [7, 11) is -1.63. The predicted molar refractivity (Wildman–Crippen MR) is 147 cm³/mol. The first-order chi connectivity index (χ1) is 18.0. The van der Waals surface area contributed by atoms with Crippen molar-refractivity contribution in [2.24, 2.45) is 0 Å². The average Bonchev–Trinajstić information content (AvgIpc) is 2.84. The number of carboxylic acids is 3. The minimum Gasteiger partial charge on any atom is -0.481 e. The van der Waals surface area contributed by atoms with Crippen LogP contribution in [0.3, 0.4) is 0 Å². The molecule has 230 valence electrons. The highest BCUT2D eigenvalue weighted by Crippen LogP contribution is 2.16. The van der Waals surface area contributed by atoms with Gasteiger partial charge in [-0.25, -0.2) is 18.0 Å². The Morgan fingerprint density at radius 3 is 1.73 bits per heavy atom. The van der Waals surface area contributed by atoms with Crippen molar-refractivity contribution in [1.29, 1.82) is 0 Å². The topological polar surface area (TPSA) is 225 Å². The van der Waals surface area contributed by atoms with E-state index in [1.165, 1.54) is 0 Å². The fourth-order valence-electron chi connectivity index (χ4n) is 3.40. The Balaban J connectivity index is 0. The van der Waals surface area contributed by atoms with Crippen molar-refractivity contribution in [3.8, 4) is 0 Å². The maximum Gasteiger partial charge on any atom is 0.336 e. The Morgan fingerprint density at radius 1 is 0.875 bits per heavy atom. The fourth-order valence-corrected chi connectivity index (χ4v) is 4.64. The summed E-state index contributed by atoms with van der Waals surface area (Å²) in [5.41, 5.74) is -2.74. The van der Waals surface area contributed by atoms with Gasteiger partial charge in [0.25, 0.3) is 0 Å². The summed E-state index contributed by atoms with van der Waals surface area (Å²) in [6.07, 6.45) is -2.29. The summed E-state index contributed by atoms with van der Waals surface area (Å²) in [6, 6.07) is 8.19. The van der Waals surface area contributed by atoms with Crippen molar-refractivity contribution in [3.63, 3.8) is 0 Å². The summed E-state index contributed by atoms with van der Waals surface area (Å²) in [5, 5.41) is 33.8. The molecule has 40 heavy (non-hydrogen) atoms. The second-order valence-corrected chi connectivity index (χ2v) is 11.2. The Bertz CT molecular complexity index is 1030. The highest BCUT2D eigenvalue weighted by molar-refractivity contribution is 7.91. The van der Waals surface area contributed by atoms with Gasteiger partial charge in [0.05, 0.1) is 23.5 Å². The molecule has 2 amide bonds. The number of hydrogen-bond donors (Lipinski definition) is 4. The molecule has 0 atom stereocenters. The van der Waals surface area contributed by atoms with Crippen LogP contribution in [0.1, 0.15) is 40.5 Å². The Hall–Kier alpha value is -3.27. The van der Waals surface area contributed by atoms with E-state index >= 15 is 0 Å². The molecule has 0 aliphatic heterocycles. The van der Waals surface area contributed by atoms with Crippen molar-refractivity contribution in [2.75, 3.05) is 45.5 Å². The number of hydrogen-bond acceptors (Lipinski definition) is 8. The molecule has 1 rings (SSSR count). The van der Waals surface area contributed by atoms with Gasteiger partial charge in [0.2, 0.25) is 0 Å². The number of carboxylic acid groups (broad SMARTS) is 3. The van der Waals surface area contributed by atoms with E-state index < -0.39 is 46.2 Å². The SMILES string of the molecule is CCN(CC)CCN(C)C(=O)N(CCS(=O)(=O)c1ccccc1)C(C)C.O.O=C(O)CC(O)(CC(=O)O)C(=O)O. The maximum absolute atomic E-state index is 12.8. The van der Waals surface area contributed by atoms with Crippen molar-refractivity contribution in [2.45, 2.75) is 57.1 Å². The van der Waals surface area contributed by atoms with Crippen molar-refractivity contribution < 1.29 is 53.5 Å². The molecule has 1 aromatic carbocycles. The minimum atomic E-state index is -3.40. The van der Waals surface area contributed by atoms with Gasteiger partial charge in [0.15, 0.2) is 15.4 Å². The molecule has 6 N–H and O–H groups in total. The highest BCUT2D eigenvalue weighted by Gasteiger charge is 2.40. The van der Waals surface area contributed by atoms with Gasteiger partial charge in [0, 0.05) is 32.7 Å². The molecule has 0 saturated heterocycles. The van der Waals surface area contributed by atoms with Crippen LogP contribution in [0.15, 0.2) is 35.2 Å². The first kappa shape index (κ1) is 38.9. The summed E-state index contributed by atoms with van der Waals surface area (Å²) in [5.74, 6) is -5.10. The third-order valence-electron chi connectivity index (χ3n) is 5.83. The zero-order chi connectivity index (χ0) is 30.4. The monoisotopic (exact) mass is 593 g/mol. The van der Waals surface area contributed by atoms with Crippen molar-refractivity contribution in [3.05, 3.63) is 30.3 Å². The van der Waals surface area contributed by atoms with E-state index in [1.807, 2.05) is 13.8 Å². The molecular weight excluding hydrogens is 550 g/mol. The zero-order valence-electron chi connectivity index (χ0n) is 23.6. The number of amides is 2. The molecule has 0 fully saturated rings. The average molecular weight is 594 g/mol. The lowest BCUT2D eigenvalue weighted by Gasteiger charge is -2.32. The molecule has 0 bridgehead atoms. The Morgan fingerprint density at radius 2 is 1.35 bits per heavy atom. The number of sulfone groups is 1. The van der Waals surface area contributed by atoms with Crippen LogP contribution in [-0.2, 0) is 24.2 Å². The quantitative estimate of drug-likeness (QED) is 0.219. The number of urea groups is 1. The zero-order valence-corrected chi connectivity index (χ0v) is 24.4. The van der Waals surface area contributed by atoms with Crippen LogP contribution >= 0.6 is 0 Å². The van der Waals surface area contributed by atoms with Crippen LogP contribution in [0.2, 0.25) is 0 Å². The number of likely N-dealkylation sites (N-methyl/N-ethyl adjacent to an activating group) is 2. The molecule has 0 saturated carbocycles. The van der Waals surface area contributed by atoms with E-state index in [4.69, 9.17) is 20.4 Å². The lowest BCUT2D eigenvalue weighted by atomic mass is 9.96. The Labute approximate surface area is 235 Å². The summed E-state index contributed by atoms with van der Waals surface area (Å²) >= 11 is 0. The van der Waals surface area contributed by atoms with E-state index in [1.54, 1.807) is 47.2 Å². The van der Waals surface area contributed by atoms with E-state index in [2.05, 4.69) is 18.7 Å². The maximum atomic E-state index is 12.8. The number of aliphatic carboxylic acids is 3. The van der Waals surface area contributed by atoms with Gasteiger partial charge >= 0.3 is 23.9 Å². The smallest absolute Gasteiger partial charge is 0.336 e. The first-order valence-electron chi connectivity index (χ1n) is 12.4. The number of carbonyl (C=O) groups is 4. The number of benzene rings is 1. The predicted octanol–water partition coefficient (Wildman–Crippen LogP) is 0.491. The number of aliphatic hydroxyl groups is 1. The minimum absolute atomic E-state index is 0. The third-order valence-corrected chi connectivity index (χ3v) is 7.54.